The fourth-order valence-corrected chi connectivity index (χ4v) is 4.62. The van der Waals surface area contributed by atoms with Crippen LogP contribution in [0.15, 0.2) is 102 Å². The summed E-state index contributed by atoms with van der Waals surface area (Å²) in [4.78, 5) is 0. The number of nitrogens with zero attached hydrogens (tertiary/aromatic N) is 5. The number of aliphatic hydroxyl groups is 1. The SMILES string of the molecule is Cc1ccc2c(c1)N(Cc1ccc(-c3ccccc3-c3nnn[nH]3)cc1)N=C(c1ccccc1)C2O. The molecule has 0 radical (unpaired) electrons. The van der Waals surface area contributed by atoms with Gasteiger partial charge < -0.3 is 5.11 Å². The molecule has 176 valence electrons. The van der Waals surface area contributed by atoms with Gasteiger partial charge in [-0.1, -0.05) is 91.0 Å². The highest BCUT2D eigenvalue weighted by Crippen LogP contribution is 2.36. The summed E-state index contributed by atoms with van der Waals surface area (Å²) >= 11 is 0. The molecule has 7 nitrogen and oxygen atoms in total. The Morgan fingerprint density at radius 2 is 1.58 bits per heavy atom. The monoisotopic (exact) mass is 472 g/mol. The number of hydrazone groups is 1. The minimum Gasteiger partial charge on any atom is -0.382 e. The van der Waals surface area contributed by atoms with E-state index in [0.29, 0.717) is 18.1 Å². The molecule has 5 aromatic rings. The summed E-state index contributed by atoms with van der Waals surface area (Å²) in [6.45, 7) is 2.63. The van der Waals surface area contributed by atoms with Gasteiger partial charge in [0.15, 0.2) is 5.82 Å². The van der Waals surface area contributed by atoms with Crippen LogP contribution in [0, 0.1) is 6.92 Å². The van der Waals surface area contributed by atoms with Crippen molar-refractivity contribution < 1.29 is 5.11 Å². The largest absolute Gasteiger partial charge is 0.382 e. The van der Waals surface area contributed by atoms with Gasteiger partial charge in [0.1, 0.15) is 11.8 Å². The molecular formula is C29H24N6O. The number of benzene rings is 4. The highest BCUT2D eigenvalue weighted by molar-refractivity contribution is 6.06. The zero-order valence-electron chi connectivity index (χ0n) is 19.7. The molecule has 1 aliphatic rings. The second-order valence-corrected chi connectivity index (χ2v) is 8.87. The van der Waals surface area contributed by atoms with E-state index in [1.54, 1.807) is 0 Å². The van der Waals surface area contributed by atoms with Gasteiger partial charge in [-0.15, -0.1) is 5.10 Å². The molecule has 0 fully saturated rings. The summed E-state index contributed by atoms with van der Waals surface area (Å²) in [7, 11) is 0. The number of aromatic amines is 1. The van der Waals surface area contributed by atoms with E-state index in [0.717, 1.165) is 44.6 Å². The van der Waals surface area contributed by atoms with Crippen LogP contribution in [0.1, 0.15) is 28.4 Å². The average Bonchev–Trinajstić information content (AvgIpc) is 3.46. The van der Waals surface area contributed by atoms with Crippen LogP contribution in [0.25, 0.3) is 22.5 Å². The molecule has 0 saturated heterocycles. The van der Waals surface area contributed by atoms with Crippen LogP contribution in [0.2, 0.25) is 0 Å². The summed E-state index contributed by atoms with van der Waals surface area (Å²) in [5, 5.41) is 32.4. The van der Waals surface area contributed by atoms with E-state index in [1.165, 1.54) is 0 Å². The maximum absolute atomic E-state index is 11.1. The first-order valence-electron chi connectivity index (χ1n) is 11.8. The number of hydrogen-bond acceptors (Lipinski definition) is 6. The quantitative estimate of drug-likeness (QED) is 0.362. The number of anilines is 1. The van der Waals surface area contributed by atoms with E-state index >= 15 is 0 Å². The Morgan fingerprint density at radius 3 is 2.33 bits per heavy atom. The lowest BCUT2D eigenvalue weighted by atomic mass is 9.94. The van der Waals surface area contributed by atoms with Gasteiger partial charge in [0.05, 0.1) is 12.2 Å². The Hall–Kier alpha value is -4.62. The van der Waals surface area contributed by atoms with Crippen molar-refractivity contribution >= 4 is 11.4 Å². The van der Waals surface area contributed by atoms with Gasteiger partial charge in [-0.2, -0.15) is 5.10 Å². The number of nitrogens with one attached hydrogen (secondary N) is 1. The fraction of sp³-hybridized carbons (Fsp3) is 0.103. The van der Waals surface area contributed by atoms with E-state index < -0.39 is 6.10 Å². The molecule has 36 heavy (non-hydrogen) atoms. The molecule has 4 aromatic carbocycles. The summed E-state index contributed by atoms with van der Waals surface area (Å²) in [6, 6.07) is 32.5. The van der Waals surface area contributed by atoms with Gasteiger partial charge in [0.2, 0.25) is 0 Å². The third-order valence-corrected chi connectivity index (χ3v) is 6.44. The van der Waals surface area contributed by atoms with Crippen LogP contribution in [-0.2, 0) is 6.54 Å². The summed E-state index contributed by atoms with van der Waals surface area (Å²) < 4.78 is 0. The van der Waals surface area contributed by atoms with Gasteiger partial charge in [0, 0.05) is 16.7 Å². The first kappa shape index (κ1) is 21.9. The predicted octanol–water partition coefficient (Wildman–Crippen LogP) is 5.30. The van der Waals surface area contributed by atoms with E-state index in [9.17, 15) is 5.11 Å². The maximum Gasteiger partial charge on any atom is 0.180 e. The number of tetrazole rings is 1. The van der Waals surface area contributed by atoms with Crippen molar-refractivity contribution in [2.75, 3.05) is 5.01 Å². The highest BCUT2D eigenvalue weighted by atomic mass is 16.3. The van der Waals surface area contributed by atoms with Gasteiger partial charge in [-0.05, 0) is 45.7 Å². The molecule has 1 aliphatic heterocycles. The molecule has 2 N–H and O–H groups in total. The van der Waals surface area contributed by atoms with Crippen LogP contribution < -0.4 is 5.01 Å². The third-order valence-electron chi connectivity index (χ3n) is 6.44. The van der Waals surface area contributed by atoms with Crippen molar-refractivity contribution in [2.45, 2.75) is 19.6 Å². The molecule has 6 rings (SSSR count). The molecule has 0 aliphatic carbocycles. The topological polar surface area (TPSA) is 90.3 Å². The van der Waals surface area contributed by atoms with Crippen LogP contribution >= 0.6 is 0 Å². The van der Waals surface area contributed by atoms with Crippen LogP contribution in [0.4, 0.5) is 5.69 Å². The number of aryl methyl sites for hydroxylation is 1. The lowest BCUT2D eigenvalue weighted by Gasteiger charge is -2.31. The molecular weight excluding hydrogens is 448 g/mol. The summed E-state index contributed by atoms with van der Waals surface area (Å²) in [5.41, 5.74) is 8.65. The van der Waals surface area contributed by atoms with Crippen LogP contribution in [-0.4, -0.2) is 31.4 Å². The standard InChI is InChI=1S/C29H24N6O/c1-19-11-16-25-26(17-19)35(32-27(28(25)36)22-7-3-2-4-8-22)18-20-12-14-21(15-13-20)23-9-5-6-10-24(23)29-30-33-34-31-29/h2-17,28,36H,18H2,1H3,(H,30,31,33,34). The first-order valence-corrected chi connectivity index (χ1v) is 11.8. The number of hydrogen-bond donors (Lipinski definition) is 2. The van der Waals surface area contributed by atoms with Crippen molar-refractivity contribution in [2.24, 2.45) is 5.10 Å². The minimum atomic E-state index is -0.774. The number of fused-ring (bicyclic) bond motifs is 1. The molecule has 7 heteroatoms. The van der Waals surface area contributed by atoms with E-state index in [1.807, 2.05) is 65.7 Å². The van der Waals surface area contributed by atoms with Crippen molar-refractivity contribution in [1.82, 2.24) is 20.6 Å². The number of aromatic nitrogens is 4. The lowest BCUT2D eigenvalue weighted by molar-refractivity contribution is 0.245. The maximum atomic E-state index is 11.1. The molecule has 0 bridgehead atoms. The Labute approximate surface area is 208 Å². The zero-order chi connectivity index (χ0) is 24.5. The number of aliphatic hydroxyl groups excluding tert-OH is 1. The van der Waals surface area contributed by atoms with Crippen molar-refractivity contribution in [3.8, 4) is 22.5 Å². The second kappa shape index (κ2) is 9.20. The highest BCUT2D eigenvalue weighted by Gasteiger charge is 2.28. The Kier molecular flexibility index (Phi) is 5.59. The first-order chi connectivity index (χ1) is 17.7. The summed E-state index contributed by atoms with van der Waals surface area (Å²) in [5.74, 6) is 0.635. The third kappa shape index (κ3) is 4.06. The smallest absolute Gasteiger partial charge is 0.180 e. The Morgan fingerprint density at radius 1 is 0.833 bits per heavy atom. The molecule has 1 unspecified atom stereocenters. The van der Waals surface area contributed by atoms with Crippen molar-refractivity contribution in [3.05, 3.63) is 119 Å². The molecule has 0 saturated carbocycles. The van der Waals surface area contributed by atoms with Gasteiger partial charge >= 0.3 is 0 Å². The lowest BCUT2D eigenvalue weighted by Crippen LogP contribution is -2.29. The molecule has 0 spiro atoms. The van der Waals surface area contributed by atoms with E-state index in [2.05, 4.69) is 63.9 Å². The van der Waals surface area contributed by atoms with Gasteiger partial charge in [-0.3, -0.25) is 5.01 Å². The second-order valence-electron chi connectivity index (χ2n) is 8.87. The van der Waals surface area contributed by atoms with Crippen molar-refractivity contribution in [1.29, 1.82) is 0 Å². The van der Waals surface area contributed by atoms with E-state index in [-0.39, 0.29) is 0 Å². The molecule has 2 heterocycles. The molecule has 1 aromatic heterocycles. The Bertz CT molecular complexity index is 1530. The zero-order valence-corrected chi connectivity index (χ0v) is 19.7. The minimum absolute atomic E-state index is 0.577. The van der Waals surface area contributed by atoms with Gasteiger partial charge in [0.25, 0.3) is 0 Å². The fourth-order valence-electron chi connectivity index (χ4n) is 4.62. The van der Waals surface area contributed by atoms with Gasteiger partial charge in [-0.25, -0.2) is 5.10 Å². The summed E-state index contributed by atoms with van der Waals surface area (Å²) in [6.07, 6.45) is -0.774. The average molecular weight is 473 g/mol. The van der Waals surface area contributed by atoms with Crippen LogP contribution in [0.3, 0.4) is 0 Å². The predicted molar refractivity (Wildman–Crippen MR) is 140 cm³/mol. The number of H-pyrrole nitrogens is 1. The van der Waals surface area contributed by atoms with Crippen molar-refractivity contribution in [3.63, 3.8) is 0 Å². The number of rotatable bonds is 5. The normalized spacial score (nSPS) is 14.9. The Balaban J connectivity index is 1.34. The van der Waals surface area contributed by atoms with Crippen LogP contribution in [0.5, 0.6) is 0 Å². The van der Waals surface area contributed by atoms with E-state index in [4.69, 9.17) is 5.10 Å². The molecule has 0 amide bonds. The molecule has 1 atom stereocenters.